The summed E-state index contributed by atoms with van der Waals surface area (Å²) in [4.78, 5) is 15.1. The first-order chi connectivity index (χ1) is 8.83. The van der Waals surface area contributed by atoms with Gasteiger partial charge in [0.25, 0.3) is 0 Å². The summed E-state index contributed by atoms with van der Waals surface area (Å²) in [6.07, 6.45) is 4.74. The Balaban J connectivity index is 2.09. The number of aliphatic hydroxyl groups is 1. The van der Waals surface area contributed by atoms with E-state index in [0.717, 1.165) is 0 Å². The van der Waals surface area contributed by atoms with Crippen molar-refractivity contribution in [3.63, 3.8) is 0 Å². The van der Waals surface area contributed by atoms with Crippen LogP contribution in [0, 0.1) is 0 Å². The molecular formula is C11H15N5O2. The number of ether oxygens (including phenoxy) is 1. The van der Waals surface area contributed by atoms with Crippen LogP contribution in [-0.2, 0) is 0 Å². The number of aliphatic hydroxyl groups excluding tert-OH is 1. The average Bonchev–Trinajstić information content (AvgIpc) is 2.90. The van der Waals surface area contributed by atoms with Gasteiger partial charge < -0.3 is 20.1 Å². The Hall–Kier alpha value is -2.15. The van der Waals surface area contributed by atoms with Crippen molar-refractivity contribution < 1.29 is 9.84 Å². The molecule has 7 nitrogen and oxygen atoms in total. The third kappa shape index (κ3) is 2.95. The van der Waals surface area contributed by atoms with Crippen molar-refractivity contribution in [1.29, 1.82) is 0 Å². The van der Waals surface area contributed by atoms with E-state index in [4.69, 9.17) is 4.74 Å². The van der Waals surface area contributed by atoms with Crippen LogP contribution in [0.1, 0.15) is 18.8 Å². The maximum Gasteiger partial charge on any atom is 0.218 e. The van der Waals surface area contributed by atoms with E-state index in [1.54, 1.807) is 18.5 Å². The minimum absolute atomic E-state index is 0.0957. The van der Waals surface area contributed by atoms with Crippen molar-refractivity contribution in [3.05, 3.63) is 30.6 Å². The molecule has 0 saturated heterocycles. The minimum atomic E-state index is -0.343. The molecule has 1 atom stereocenters. The summed E-state index contributed by atoms with van der Waals surface area (Å²) >= 11 is 0. The number of imidazole rings is 1. The number of nitrogens with one attached hydrogen (secondary N) is 2. The molecule has 0 fully saturated rings. The van der Waals surface area contributed by atoms with E-state index in [2.05, 4.69) is 25.3 Å². The highest BCUT2D eigenvalue weighted by Gasteiger charge is 2.13. The number of nitrogens with zero attached hydrogens (tertiary/aromatic N) is 3. The average molecular weight is 249 g/mol. The van der Waals surface area contributed by atoms with E-state index in [1.165, 1.54) is 6.33 Å². The van der Waals surface area contributed by atoms with Crippen LogP contribution >= 0.6 is 0 Å². The highest BCUT2D eigenvalue weighted by Crippen LogP contribution is 2.17. The molecule has 0 aliphatic heterocycles. The Labute approximate surface area is 104 Å². The first-order valence-electron chi connectivity index (χ1n) is 5.65. The second-order valence-electron chi connectivity index (χ2n) is 3.53. The molecule has 2 heterocycles. The summed E-state index contributed by atoms with van der Waals surface area (Å²) < 4.78 is 5.28. The van der Waals surface area contributed by atoms with Crippen molar-refractivity contribution in [2.75, 3.05) is 18.5 Å². The highest BCUT2D eigenvalue weighted by molar-refractivity contribution is 5.39. The number of rotatable bonds is 6. The molecule has 0 amide bonds. The van der Waals surface area contributed by atoms with Crippen molar-refractivity contribution >= 4 is 5.82 Å². The van der Waals surface area contributed by atoms with Gasteiger partial charge in [0.2, 0.25) is 5.88 Å². The lowest BCUT2D eigenvalue weighted by Gasteiger charge is -2.14. The van der Waals surface area contributed by atoms with Gasteiger partial charge in [0.15, 0.2) is 0 Å². The lowest BCUT2D eigenvalue weighted by atomic mass is 10.3. The van der Waals surface area contributed by atoms with Gasteiger partial charge in [-0.25, -0.2) is 15.0 Å². The largest absolute Gasteiger partial charge is 0.478 e. The maximum absolute atomic E-state index is 9.33. The molecule has 0 aromatic carbocycles. The third-order valence-corrected chi connectivity index (χ3v) is 2.29. The number of anilines is 1. The zero-order valence-electron chi connectivity index (χ0n) is 10.00. The van der Waals surface area contributed by atoms with Crippen LogP contribution in [0.5, 0.6) is 5.88 Å². The van der Waals surface area contributed by atoms with E-state index in [0.29, 0.717) is 24.1 Å². The molecule has 7 heteroatoms. The molecule has 2 aromatic rings. The summed E-state index contributed by atoms with van der Waals surface area (Å²) in [5.74, 6) is 1.71. The number of hydrogen-bond donors (Lipinski definition) is 3. The first-order valence-corrected chi connectivity index (χ1v) is 5.65. The Kier molecular flexibility index (Phi) is 4.08. The fourth-order valence-corrected chi connectivity index (χ4v) is 1.49. The Bertz CT molecular complexity index is 474. The normalized spacial score (nSPS) is 12.1. The van der Waals surface area contributed by atoms with Gasteiger partial charge >= 0.3 is 0 Å². The van der Waals surface area contributed by atoms with Crippen molar-refractivity contribution in [1.82, 2.24) is 19.9 Å². The molecule has 18 heavy (non-hydrogen) atoms. The van der Waals surface area contributed by atoms with Crippen LogP contribution in [0.25, 0.3) is 0 Å². The van der Waals surface area contributed by atoms with Crippen LogP contribution in [0.3, 0.4) is 0 Å². The van der Waals surface area contributed by atoms with Crippen LogP contribution in [-0.4, -0.2) is 38.3 Å². The monoisotopic (exact) mass is 249 g/mol. The minimum Gasteiger partial charge on any atom is -0.478 e. The van der Waals surface area contributed by atoms with Gasteiger partial charge in [-0.3, -0.25) is 0 Å². The van der Waals surface area contributed by atoms with Gasteiger partial charge in [-0.2, -0.15) is 0 Å². The smallest absolute Gasteiger partial charge is 0.218 e. The molecular weight excluding hydrogens is 234 g/mol. The van der Waals surface area contributed by atoms with Gasteiger partial charge in [-0.05, 0) is 6.92 Å². The summed E-state index contributed by atoms with van der Waals surface area (Å²) in [5.41, 5.74) is 0. The molecule has 2 aromatic heterocycles. The lowest BCUT2D eigenvalue weighted by Crippen LogP contribution is -2.17. The van der Waals surface area contributed by atoms with Crippen LogP contribution < -0.4 is 10.1 Å². The van der Waals surface area contributed by atoms with Gasteiger partial charge in [0, 0.05) is 18.5 Å². The molecule has 3 N–H and O–H groups in total. The molecule has 1 unspecified atom stereocenters. The van der Waals surface area contributed by atoms with E-state index in [-0.39, 0.29) is 12.6 Å². The zero-order valence-corrected chi connectivity index (χ0v) is 10.00. The predicted octanol–water partition coefficient (Wildman–Crippen LogP) is 0.744. The lowest BCUT2D eigenvalue weighted by molar-refractivity contribution is 0.272. The maximum atomic E-state index is 9.33. The Morgan fingerprint density at radius 1 is 1.44 bits per heavy atom. The number of aromatic nitrogens is 4. The molecule has 0 saturated carbocycles. The molecule has 0 aliphatic rings. The van der Waals surface area contributed by atoms with E-state index in [1.807, 2.05) is 6.92 Å². The molecule has 0 aliphatic carbocycles. The van der Waals surface area contributed by atoms with Gasteiger partial charge in [0.1, 0.15) is 24.0 Å². The van der Waals surface area contributed by atoms with Gasteiger partial charge in [-0.1, -0.05) is 0 Å². The fourth-order valence-electron chi connectivity index (χ4n) is 1.49. The van der Waals surface area contributed by atoms with Gasteiger partial charge in [0.05, 0.1) is 13.2 Å². The summed E-state index contributed by atoms with van der Waals surface area (Å²) in [5, 5.41) is 12.4. The topological polar surface area (TPSA) is 95.9 Å². The third-order valence-electron chi connectivity index (χ3n) is 2.29. The molecule has 0 bridgehead atoms. The Morgan fingerprint density at radius 2 is 2.33 bits per heavy atom. The highest BCUT2D eigenvalue weighted by atomic mass is 16.5. The standard InChI is InChI=1S/C11H15N5O2/c1-2-18-10-5-9(14-7-15-10)16-8(6-17)11-12-3-4-13-11/h3-5,7-8,17H,2,6H2,1H3,(H,12,13)(H,14,15,16). The van der Waals surface area contributed by atoms with Crippen LogP contribution in [0.4, 0.5) is 5.82 Å². The summed E-state index contributed by atoms with van der Waals surface area (Å²) in [7, 11) is 0. The SMILES string of the molecule is CCOc1cc(NC(CO)c2ncc[nH]2)ncn1. The number of aromatic amines is 1. The van der Waals surface area contributed by atoms with Crippen molar-refractivity contribution in [2.24, 2.45) is 0 Å². The molecule has 2 rings (SSSR count). The quantitative estimate of drug-likeness (QED) is 0.699. The van der Waals surface area contributed by atoms with E-state index in [9.17, 15) is 5.11 Å². The van der Waals surface area contributed by atoms with Crippen LogP contribution in [0.2, 0.25) is 0 Å². The second-order valence-corrected chi connectivity index (χ2v) is 3.53. The van der Waals surface area contributed by atoms with Crippen molar-refractivity contribution in [3.8, 4) is 5.88 Å². The predicted molar refractivity (Wildman–Crippen MR) is 65.2 cm³/mol. The summed E-state index contributed by atoms with van der Waals surface area (Å²) in [6, 6.07) is 1.33. The first kappa shape index (κ1) is 12.3. The van der Waals surface area contributed by atoms with E-state index >= 15 is 0 Å². The molecule has 96 valence electrons. The molecule has 0 radical (unpaired) electrons. The number of hydrogen-bond acceptors (Lipinski definition) is 6. The fraction of sp³-hybridized carbons (Fsp3) is 0.364. The van der Waals surface area contributed by atoms with Gasteiger partial charge in [-0.15, -0.1) is 0 Å². The second kappa shape index (κ2) is 5.97. The van der Waals surface area contributed by atoms with Crippen LogP contribution in [0.15, 0.2) is 24.8 Å². The Morgan fingerprint density at radius 3 is 3.00 bits per heavy atom. The van der Waals surface area contributed by atoms with E-state index < -0.39 is 0 Å². The number of H-pyrrole nitrogens is 1. The molecule has 0 spiro atoms. The summed E-state index contributed by atoms with van der Waals surface area (Å²) in [6.45, 7) is 2.33. The zero-order chi connectivity index (χ0) is 12.8. The van der Waals surface area contributed by atoms with Crippen molar-refractivity contribution in [2.45, 2.75) is 13.0 Å².